The zero-order valence-corrected chi connectivity index (χ0v) is 11.1. The van der Waals surface area contributed by atoms with E-state index in [9.17, 15) is 0 Å². The predicted molar refractivity (Wildman–Crippen MR) is 72.8 cm³/mol. The van der Waals surface area contributed by atoms with Crippen molar-refractivity contribution < 1.29 is 0 Å². The molecule has 1 aromatic rings. The van der Waals surface area contributed by atoms with Gasteiger partial charge in [0.25, 0.3) is 0 Å². The molecule has 1 saturated carbocycles. The number of nitrogens with one attached hydrogen (secondary N) is 1. The van der Waals surface area contributed by atoms with Crippen LogP contribution in [0.1, 0.15) is 49.3 Å². The molecule has 2 rings (SSSR count). The Morgan fingerprint density at radius 3 is 2.59 bits per heavy atom. The number of rotatable bonds is 3. The van der Waals surface area contributed by atoms with Gasteiger partial charge in [-0.3, -0.25) is 11.3 Å². The normalized spacial score (nSPS) is 19.2. The Morgan fingerprint density at radius 1 is 1.29 bits per heavy atom. The summed E-state index contributed by atoms with van der Waals surface area (Å²) >= 11 is 6.19. The van der Waals surface area contributed by atoms with Crippen LogP contribution in [0.4, 0.5) is 0 Å². The first-order valence-corrected chi connectivity index (χ1v) is 6.82. The summed E-state index contributed by atoms with van der Waals surface area (Å²) in [4.78, 5) is 0. The lowest BCUT2D eigenvalue weighted by atomic mass is 9.81. The maximum absolute atomic E-state index is 6.19. The molecule has 1 aliphatic rings. The Hall–Kier alpha value is -0.570. The molecule has 17 heavy (non-hydrogen) atoms. The van der Waals surface area contributed by atoms with E-state index in [4.69, 9.17) is 17.4 Å². The van der Waals surface area contributed by atoms with Crippen LogP contribution in [0, 0.1) is 12.8 Å². The van der Waals surface area contributed by atoms with Gasteiger partial charge in [0.2, 0.25) is 0 Å². The summed E-state index contributed by atoms with van der Waals surface area (Å²) in [5, 5.41) is 0.832. The Labute approximate surface area is 109 Å². The molecule has 0 amide bonds. The van der Waals surface area contributed by atoms with E-state index in [0.717, 1.165) is 10.6 Å². The van der Waals surface area contributed by atoms with Gasteiger partial charge in [0.05, 0.1) is 0 Å². The molecule has 1 fully saturated rings. The summed E-state index contributed by atoms with van der Waals surface area (Å²) in [7, 11) is 0. The number of hydrogen-bond donors (Lipinski definition) is 2. The van der Waals surface area contributed by atoms with E-state index in [1.165, 1.54) is 37.7 Å². The van der Waals surface area contributed by atoms with Gasteiger partial charge in [-0.15, -0.1) is 0 Å². The van der Waals surface area contributed by atoms with Crippen molar-refractivity contribution in [2.75, 3.05) is 0 Å². The Morgan fingerprint density at radius 2 is 2.00 bits per heavy atom. The maximum Gasteiger partial charge on any atom is 0.0488 e. The van der Waals surface area contributed by atoms with Crippen LogP contribution in [0.2, 0.25) is 5.02 Å². The third kappa shape index (κ3) is 3.01. The van der Waals surface area contributed by atoms with Gasteiger partial charge in [-0.1, -0.05) is 43.0 Å². The first kappa shape index (κ1) is 12.9. The van der Waals surface area contributed by atoms with Crippen molar-refractivity contribution in [3.05, 3.63) is 34.3 Å². The van der Waals surface area contributed by atoms with E-state index >= 15 is 0 Å². The van der Waals surface area contributed by atoms with E-state index in [-0.39, 0.29) is 6.04 Å². The van der Waals surface area contributed by atoms with Crippen molar-refractivity contribution in [1.82, 2.24) is 5.43 Å². The lowest BCUT2D eigenvalue weighted by molar-refractivity contribution is 0.273. The smallest absolute Gasteiger partial charge is 0.0488 e. The fourth-order valence-corrected chi connectivity index (χ4v) is 2.96. The van der Waals surface area contributed by atoms with Crippen LogP contribution in [0.3, 0.4) is 0 Å². The number of benzene rings is 1. The van der Waals surface area contributed by atoms with Crippen molar-refractivity contribution in [3.8, 4) is 0 Å². The first-order chi connectivity index (χ1) is 8.22. The minimum absolute atomic E-state index is 0.244. The number of hydrazine groups is 1. The van der Waals surface area contributed by atoms with Gasteiger partial charge in [-0.25, -0.2) is 0 Å². The minimum Gasteiger partial charge on any atom is -0.271 e. The second-order valence-electron chi connectivity index (χ2n) is 5.05. The molecule has 3 heteroatoms. The predicted octanol–water partition coefficient (Wildman–Crippen LogP) is 3.73. The van der Waals surface area contributed by atoms with Crippen LogP contribution in [-0.2, 0) is 0 Å². The topological polar surface area (TPSA) is 38.0 Å². The second kappa shape index (κ2) is 5.85. The Bertz CT molecular complexity index is 372. The molecule has 0 saturated heterocycles. The van der Waals surface area contributed by atoms with Crippen LogP contribution < -0.4 is 11.3 Å². The van der Waals surface area contributed by atoms with E-state index < -0.39 is 0 Å². The molecule has 2 nitrogen and oxygen atoms in total. The molecule has 1 unspecified atom stereocenters. The second-order valence-corrected chi connectivity index (χ2v) is 5.46. The highest BCUT2D eigenvalue weighted by molar-refractivity contribution is 6.31. The van der Waals surface area contributed by atoms with Crippen LogP contribution in [0.5, 0.6) is 0 Å². The van der Waals surface area contributed by atoms with Gasteiger partial charge < -0.3 is 0 Å². The molecule has 94 valence electrons. The summed E-state index contributed by atoms with van der Waals surface area (Å²) in [6, 6.07) is 6.51. The van der Waals surface area contributed by atoms with E-state index in [1.54, 1.807) is 0 Å². The number of aryl methyl sites for hydroxylation is 1. The molecule has 0 spiro atoms. The molecule has 0 bridgehead atoms. The highest BCUT2D eigenvalue weighted by Crippen LogP contribution is 2.35. The first-order valence-electron chi connectivity index (χ1n) is 6.44. The number of nitrogens with two attached hydrogens (primary N) is 1. The van der Waals surface area contributed by atoms with Gasteiger partial charge in [-0.2, -0.15) is 0 Å². The van der Waals surface area contributed by atoms with Crippen LogP contribution >= 0.6 is 11.6 Å². The molecule has 3 N–H and O–H groups in total. The van der Waals surface area contributed by atoms with Crippen molar-refractivity contribution >= 4 is 11.6 Å². The molecule has 0 aromatic heterocycles. The SMILES string of the molecule is Cc1ccc(C(NN)C2CCCCC2)cc1Cl. The van der Waals surface area contributed by atoms with E-state index in [0.29, 0.717) is 5.92 Å². The van der Waals surface area contributed by atoms with Crippen molar-refractivity contribution in [2.45, 2.75) is 45.1 Å². The largest absolute Gasteiger partial charge is 0.271 e. The van der Waals surface area contributed by atoms with Crippen LogP contribution in [-0.4, -0.2) is 0 Å². The molecule has 1 aliphatic carbocycles. The van der Waals surface area contributed by atoms with Crippen molar-refractivity contribution in [1.29, 1.82) is 0 Å². The van der Waals surface area contributed by atoms with Gasteiger partial charge >= 0.3 is 0 Å². The van der Waals surface area contributed by atoms with Crippen molar-refractivity contribution in [3.63, 3.8) is 0 Å². The van der Waals surface area contributed by atoms with E-state index in [2.05, 4.69) is 23.6 Å². The molecule has 1 aromatic carbocycles. The highest BCUT2D eigenvalue weighted by atomic mass is 35.5. The summed E-state index contributed by atoms with van der Waals surface area (Å²) in [6.45, 7) is 2.03. The van der Waals surface area contributed by atoms with Gasteiger partial charge in [-0.05, 0) is 42.9 Å². The van der Waals surface area contributed by atoms with Crippen molar-refractivity contribution in [2.24, 2.45) is 11.8 Å². The zero-order chi connectivity index (χ0) is 12.3. The fourth-order valence-electron chi connectivity index (χ4n) is 2.77. The molecular formula is C14H21ClN2. The minimum atomic E-state index is 0.244. The van der Waals surface area contributed by atoms with Gasteiger partial charge in [0.15, 0.2) is 0 Å². The standard InChI is InChI=1S/C14H21ClN2/c1-10-7-8-12(9-13(10)15)14(17-16)11-5-3-2-4-6-11/h7-9,11,14,17H,2-6,16H2,1H3. The summed E-state index contributed by atoms with van der Waals surface area (Å²) in [5.74, 6) is 6.38. The number of hydrogen-bond acceptors (Lipinski definition) is 2. The summed E-state index contributed by atoms with van der Waals surface area (Å²) in [6.07, 6.45) is 6.54. The lowest BCUT2D eigenvalue weighted by Gasteiger charge is -2.30. The van der Waals surface area contributed by atoms with Crippen LogP contribution in [0.25, 0.3) is 0 Å². The highest BCUT2D eigenvalue weighted by Gasteiger charge is 2.24. The average molecular weight is 253 g/mol. The molecular weight excluding hydrogens is 232 g/mol. The maximum atomic E-state index is 6.19. The summed E-state index contributed by atoms with van der Waals surface area (Å²) < 4.78 is 0. The average Bonchev–Trinajstić information content (AvgIpc) is 2.36. The quantitative estimate of drug-likeness (QED) is 0.635. The molecule has 0 heterocycles. The van der Waals surface area contributed by atoms with Gasteiger partial charge in [0.1, 0.15) is 0 Å². The van der Waals surface area contributed by atoms with Gasteiger partial charge in [0, 0.05) is 11.1 Å². The van der Waals surface area contributed by atoms with E-state index in [1.807, 2.05) is 6.92 Å². The lowest BCUT2D eigenvalue weighted by Crippen LogP contribution is -2.34. The molecule has 0 aliphatic heterocycles. The third-order valence-electron chi connectivity index (χ3n) is 3.86. The Kier molecular flexibility index (Phi) is 4.43. The summed E-state index contributed by atoms with van der Waals surface area (Å²) in [5.41, 5.74) is 5.31. The number of halogens is 1. The molecule has 1 atom stereocenters. The zero-order valence-electron chi connectivity index (χ0n) is 10.4. The monoisotopic (exact) mass is 252 g/mol. The van der Waals surface area contributed by atoms with Crippen LogP contribution in [0.15, 0.2) is 18.2 Å². The fraction of sp³-hybridized carbons (Fsp3) is 0.571. The Balaban J connectivity index is 2.18. The third-order valence-corrected chi connectivity index (χ3v) is 4.26. The molecule has 0 radical (unpaired) electrons.